The molecule has 0 aliphatic heterocycles. The number of nitrogens with zero attached hydrogens (tertiary/aromatic N) is 2. The van der Waals surface area contributed by atoms with Crippen molar-refractivity contribution in [3.05, 3.63) is 29.6 Å². The van der Waals surface area contributed by atoms with E-state index < -0.39 is 29.2 Å². The lowest BCUT2D eigenvalue weighted by molar-refractivity contribution is -0.137. The molecule has 1 atom stereocenters. The standard InChI is InChI=1S/C14H11N3O5/c1-22-6-2-3-7-8(4-6)12(18)11(17-9(7)5-15)13(19)10(16)14(20)21/h2-4,10,18H,16H2,1H3,(H,20,21). The molecule has 0 saturated heterocycles. The van der Waals surface area contributed by atoms with Crippen LogP contribution in [0.2, 0.25) is 0 Å². The zero-order chi connectivity index (χ0) is 16.4. The molecule has 4 N–H and O–H groups in total. The third kappa shape index (κ3) is 2.41. The van der Waals surface area contributed by atoms with Crippen molar-refractivity contribution in [2.75, 3.05) is 7.11 Å². The van der Waals surface area contributed by atoms with Crippen LogP contribution in [-0.2, 0) is 4.79 Å². The second kappa shape index (κ2) is 5.67. The minimum Gasteiger partial charge on any atom is -0.505 e. The molecule has 8 heteroatoms. The number of carbonyl (C=O) groups excluding carboxylic acids is 1. The van der Waals surface area contributed by atoms with E-state index in [2.05, 4.69) is 4.98 Å². The third-order valence-electron chi connectivity index (χ3n) is 3.07. The molecule has 22 heavy (non-hydrogen) atoms. The molecule has 1 heterocycles. The summed E-state index contributed by atoms with van der Waals surface area (Å²) in [6.07, 6.45) is 0. The Kier molecular flexibility index (Phi) is 3.92. The number of aromatic nitrogens is 1. The first kappa shape index (κ1) is 15.2. The molecule has 0 bridgehead atoms. The molecule has 2 aromatic rings. The number of Topliss-reactive ketones (excluding diaryl/α,β-unsaturated/α-hetero) is 1. The van der Waals surface area contributed by atoms with E-state index in [4.69, 9.17) is 20.8 Å². The maximum atomic E-state index is 12.0. The van der Waals surface area contributed by atoms with Crippen molar-refractivity contribution >= 4 is 22.5 Å². The summed E-state index contributed by atoms with van der Waals surface area (Å²) in [6, 6.07) is 4.40. The Bertz CT molecular complexity index is 825. The fourth-order valence-corrected chi connectivity index (χ4v) is 1.92. The van der Waals surface area contributed by atoms with Crippen LogP contribution < -0.4 is 10.5 Å². The van der Waals surface area contributed by atoms with Crippen LogP contribution >= 0.6 is 0 Å². The van der Waals surface area contributed by atoms with Crippen molar-refractivity contribution in [1.29, 1.82) is 5.26 Å². The van der Waals surface area contributed by atoms with Crippen LogP contribution in [0.4, 0.5) is 0 Å². The molecule has 0 spiro atoms. The lowest BCUT2D eigenvalue weighted by Crippen LogP contribution is -2.39. The van der Waals surface area contributed by atoms with Crippen LogP contribution in [0.5, 0.6) is 11.5 Å². The number of hydrogen-bond acceptors (Lipinski definition) is 7. The second-order valence-electron chi connectivity index (χ2n) is 4.36. The van der Waals surface area contributed by atoms with Crippen molar-refractivity contribution in [2.24, 2.45) is 5.73 Å². The molecule has 2 rings (SSSR count). The molecule has 0 saturated carbocycles. The van der Waals surface area contributed by atoms with Gasteiger partial charge in [-0.3, -0.25) is 9.59 Å². The van der Waals surface area contributed by atoms with E-state index in [9.17, 15) is 14.7 Å². The number of nitrogens with two attached hydrogens (primary N) is 1. The highest BCUT2D eigenvalue weighted by atomic mass is 16.5. The number of nitriles is 1. The van der Waals surface area contributed by atoms with Crippen molar-refractivity contribution in [3.63, 3.8) is 0 Å². The van der Waals surface area contributed by atoms with Gasteiger partial charge in [0.25, 0.3) is 0 Å². The molecule has 1 unspecified atom stereocenters. The van der Waals surface area contributed by atoms with Gasteiger partial charge in [-0.05, 0) is 18.2 Å². The van der Waals surface area contributed by atoms with Gasteiger partial charge in [-0.2, -0.15) is 5.26 Å². The number of ether oxygens (including phenoxy) is 1. The number of fused-ring (bicyclic) bond motifs is 1. The maximum absolute atomic E-state index is 12.0. The minimum absolute atomic E-state index is 0.128. The summed E-state index contributed by atoms with van der Waals surface area (Å²) >= 11 is 0. The van der Waals surface area contributed by atoms with Gasteiger partial charge in [-0.15, -0.1) is 0 Å². The number of carboxylic acids is 1. The van der Waals surface area contributed by atoms with Gasteiger partial charge in [0.15, 0.2) is 17.5 Å². The first-order valence-electron chi connectivity index (χ1n) is 6.04. The van der Waals surface area contributed by atoms with E-state index in [1.165, 1.54) is 19.2 Å². The van der Waals surface area contributed by atoms with Gasteiger partial charge in [-0.1, -0.05) is 0 Å². The van der Waals surface area contributed by atoms with Gasteiger partial charge in [0.1, 0.15) is 17.5 Å². The summed E-state index contributed by atoms with van der Waals surface area (Å²) < 4.78 is 5.02. The normalized spacial score (nSPS) is 11.7. The number of aliphatic carboxylic acids is 1. The predicted octanol–water partition coefficient (Wildman–Crippen LogP) is 0.415. The van der Waals surface area contributed by atoms with Crippen molar-refractivity contribution in [3.8, 4) is 17.6 Å². The Morgan fingerprint density at radius 1 is 1.41 bits per heavy atom. The van der Waals surface area contributed by atoms with Crippen LogP contribution in [-0.4, -0.2) is 40.1 Å². The lowest BCUT2D eigenvalue weighted by Gasteiger charge is -2.11. The van der Waals surface area contributed by atoms with E-state index >= 15 is 0 Å². The number of hydrogen-bond donors (Lipinski definition) is 3. The number of carbonyl (C=O) groups is 2. The van der Waals surface area contributed by atoms with Crippen molar-refractivity contribution < 1.29 is 24.5 Å². The molecule has 0 aliphatic rings. The maximum Gasteiger partial charge on any atom is 0.328 e. The molecule has 112 valence electrons. The van der Waals surface area contributed by atoms with Gasteiger partial charge in [0.2, 0.25) is 5.78 Å². The summed E-state index contributed by atoms with van der Waals surface area (Å²) in [7, 11) is 1.41. The largest absolute Gasteiger partial charge is 0.505 e. The van der Waals surface area contributed by atoms with Gasteiger partial charge >= 0.3 is 5.97 Å². The zero-order valence-corrected chi connectivity index (χ0v) is 11.4. The molecule has 0 amide bonds. The van der Waals surface area contributed by atoms with Gasteiger partial charge in [-0.25, -0.2) is 4.98 Å². The number of pyridine rings is 1. The predicted molar refractivity (Wildman–Crippen MR) is 74.6 cm³/mol. The van der Waals surface area contributed by atoms with E-state index in [1.807, 2.05) is 0 Å². The molecular weight excluding hydrogens is 290 g/mol. The number of rotatable bonds is 4. The monoisotopic (exact) mass is 301 g/mol. The third-order valence-corrected chi connectivity index (χ3v) is 3.07. The summed E-state index contributed by atoms with van der Waals surface area (Å²) in [5.74, 6) is -2.81. The number of ketones is 1. The van der Waals surface area contributed by atoms with E-state index in [0.717, 1.165) is 0 Å². The summed E-state index contributed by atoms with van der Waals surface area (Å²) in [5.41, 5.74) is 4.55. The van der Waals surface area contributed by atoms with Crippen LogP contribution in [0, 0.1) is 11.3 Å². The fraction of sp³-hybridized carbons (Fsp3) is 0.143. The summed E-state index contributed by atoms with van der Waals surface area (Å²) in [4.78, 5) is 26.5. The van der Waals surface area contributed by atoms with Crippen LogP contribution in [0.25, 0.3) is 10.8 Å². The highest BCUT2D eigenvalue weighted by molar-refractivity contribution is 6.14. The molecular formula is C14H11N3O5. The van der Waals surface area contributed by atoms with Crippen LogP contribution in [0.15, 0.2) is 18.2 Å². The average Bonchev–Trinajstić information content (AvgIpc) is 2.53. The van der Waals surface area contributed by atoms with Gasteiger partial charge in [0.05, 0.1) is 7.11 Å². The number of aromatic hydroxyl groups is 1. The highest BCUT2D eigenvalue weighted by Gasteiger charge is 2.28. The quantitative estimate of drug-likeness (QED) is 0.543. The first-order chi connectivity index (χ1) is 10.4. The number of carboxylic acid groups (broad SMARTS) is 1. The topological polar surface area (TPSA) is 147 Å². The van der Waals surface area contributed by atoms with Crippen molar-refractivity contribution in [2.45, 2.75) is 6.04 Å². The summed E-state index contributed by atoms with van der Waals surface area (Å²) in [5, 5.41) is 28.6. The van der Waals surface area contributed by atoms with Gasteiger partial charge < -0.3 is 20.7 Å². The molecule has 0 aliphatic carbocycles. The Morgan fingerprint density at radius 2 is 2.09 bits per heavy atom. The fourth-order valence-electron chi connectivity index (χ4n) is 1.92. The molecule has 1 aromatic heterocycles. The van der Waals surface area contributed by atoms with Crippen LogP contribution in [0.1, 0.15) is 16.2 Å². The Morgan fingerprint density at radius 3 is 2.64 bits per heavy atom. The molecule has 1 aromatic carbocycles. The van der Waals surface area contributed by atoms with Crippen LogP contribution in [0.3, 0.4) is 0 Å². The Hall–Kier alpha value is -3.18. The first-order valence-corrected chi connectivity index (χ1v) is 6.04. The molecule has 8 nitrogen and oxygen atoms in total. The minimum atomic E-state index is -1.88. The number of benzene rings is 1. The van der Waals surface area contributed by atoms with E-state index in [1.54, 1.807) is 12.1 Å². The van der Waals surface area contributed by atoms with E-state index in [-0.39, 0.29) is 11.1 Å². The van der Waals surface area contributed by atoms with E-state index in [0.29, 0.717) is 11.1 Å². The van der Waals surface area contributed by atoms with Crippen molar-refractivity contribution in [1.82, 2.24) is 4.98 Å². The van der Waals surface area contributed by atoms with Gasteiger partial charge in [0, 0.05) is 10.8 Å². The zero-order valence-electron chi connectivity index (χ0n) is 11.4. The average molecular weight is 301 g/mol. The lowest BCUT2D eigenvalue weighted by atomic mass is 10.0. The SMILES string of the molecule is COc1ccc2c(C#N)nc(C(=O)C(N)C(=O)O)c(O)c2c1. The molecule has 0 radical (unpaired) electrons. The Labute approximate surface area is 124 Å². The Balaban J connectivity index is 2.76. The highest BCUT2D eigenvalue weighted by Crippen LogP contribution is 2.32. The summed E-state index contributed by atoms with van der Waals surface area (Å²) in [6.45, 7) is 0. The number of methoxy groups -OCH3 is 1. The molecule has 0 fully saturated rings. The second-order valence-corrected chi connectivity index (χ2v) is 4.36. The smallest absolute Gasteiger partial charge is 0.328 e.